The van der Waals surface area contributed by atoms with Gasteiger partial charge in [-0.3, -0.25) is 4.99 Å². The normalized spacial score (nSPS) is 32.7. The fraction of sp³-hybridized carbons (Fsp3) is 0.571. The van der Waals surface area contributed by atoms with Crippen LogP contribution < -0.4 is 5.32 Å². The van der Waals surface area contributed by atoms with Crippen LogP contribution in [0, 0.1) is 5.82 Å². The molecule has 1 aromatic rings. The highest BCUT2D eigenvalue weighted by Crippen LogP contribution is 2.44. The summed E-state index contributed by atoms with van der Waals surface area (Å²) < 4.78 is 41.2. The Morgan fingerprint density at radius 3 is 2.91 bits per heavy atom. The van der Waals surface area contributed by atoms with Crippen LogP contribution in [-0.4, -0.2) is 87.2 Å². The number of halogens is 2. The van der Waals surface area contributed by atoms with Gasteiger partial charge in [0.05, 0.1) is 36.7 Å². The van der Waals surface area contributed by atoms with Crippen molar-refractivity contribution < 1.29 is 28.5 Å². The number of aliphatic imine (C=N–C) groups is 1. The van der Waals surface area contributed by atoms with E-state index in [2.05, 4.69) is 20.3 Å². The van der Waals surface area contributed by atoms with Crippen molar-refractivity contribution in [2.45, 2.75) is 56.8 Å². The topological polar surface area (TPSA) is 112 Å². The summed E-state index contributed by atoms with van der Waals surface area (Å²) >= 11 is 0. The molecule has 9 nitrogen and oxygen atoms in total. The highest BCUT2D eigenvalue weighted by Gasteiger charge is 2.48. The molecule has 0 bridgehead atoms. The van der Waals surface area contributed by atoms with E-state index < -0.39 is 30.2 Å². The van der Waals surface area contributed by atoms with Crippen LogP contribution in [0.4, 0.5) is 14.7 Å². The van der Waals surface area contributed by atoms with Crippen molar-refractivity contribution in [1.82, 2.24) is 14.9 Å². The van der Waals surface area contributed by atoms with Crippen LogP contribution >= 0.6 is 0 Å². The average Bonchev–Trinajstić information content (AvgIpc) is 3.18. The Morgan fingerprint density at radius 2 is 2.16 bits per heavy atom. The minimum Gasteiger partial charge on any atom is -0.489 e. The Hall–Kier alpha value is -2.63. The first kappa shape index (κ1) is 21.2. The number of aliphatic hydroxyl groups is 2. The fourth-order valence-electron chi connectivity index (χ4n) is 4.53. The maximum atomic E-state index is 15.2. The van der Waals surface area contributed by atoms with E-state index in [-0.39, 0.29) is 42.5 Å². The number of rotatable bonds is 4. The van der Waals surface area contributed by atoms with Gasteiger partial charge >= 0.3 is 0 Å². The third kappa shape index (κ3) is 3.44. The summed E-state index contributed by atoms with van der Waals surface area (Å²) in [6, 6.07) is -1.37. The van der Waals surface area contributed by atoms with Gasteiger partial charge < -0.3 is 29.9 Å². The molecule has 0 saturated carbocycles. The van der Waals surface area contributed by atoms with E-state index in [4.69, 9.17) is 9.47 Å². The molecule has 3 aliphatic heterocycles. The molecule has 1 fully saturated rings. The zero-order valence-corrected chi connectivity index (χ0v) is 17.7. The van der Waals surface area contributed by atoms with Gasteiger partial charge in [0.2, 0.25) is 5.95 Å². The lowest BCUT2D eigenvalue weighted by Crippen LogP contribution is -2.47. The number of hydrogen-bond donors (Lipinski definition) is 3. The lowest BCUT2D eigenvalue weighted by molar-refractivity contribution is -0.0136. The maximum Gasteiger partial charge on any atom is 0.223 e. The fourth-order valence-corrected chi connectivity index (χ4v) is 4.53. The van der Waals surface area contributed by atoms with Gasteiger partial charge in [0.15, 0.2) is 11.6 Å². The maximum absolute atomic E-state index is 15.2. The number of amidine groups is 1. The van der Waals surface area contributed by atoms with E-state index in [0.717, 1.165) is 6.20 Å². The molecule has 2 unspecified atom stereocenters. The Kier molecular flexibility index (Phi) is 5.34. The minimum atomic E-state index is -1.54. The van der Waals surface area contributed by atoms with Crippen LogP contribution in [0.15, 0.2) is 28.7 Å². The number of ether oxygens (including phenoxy) is 2. The molecule has 0 aromatic carbocycles. The molecule has 3 N–H and O–H groups in total. The molecule has 1 aromatic heterocycles. The molecule has 11 heteroatoms. The largest absolute Gasteiger partial charge is 0.489 e. The standard InChI is InChI=1S/C21H25F2N5O4/c1-9-7-32-19-11(5-12(22)17-18(19)28(9)20(26-17)10(2)29)16-13(23)6-24-21(27-16)25-14-3-4-31-8-15(14)30/h5-6,9-10,12,14-15,17,29-30H,3-4,7-8H2,1-2H3,(H,24,25,27)/t9-,10+,12?,14+,15+,17?/m0/s1. The molecule has 1 aliphatic carbocycles. The average molecular weight is 449 g/mol. The Balaban J connectivity index is 1.52. The minimum absolute atomic E-state index is 0.104. The van der Waals surface area contributed by atoms with Crippen LogP contribution in [0.1, 0.15) is 26.0 Å². The second kappa shape index (κ2) is 8.05. The van der Waals surface area contributed by atoms with Crippen LogP contribution in [0.2, 0.25) is 0 Å². The monoisotopic (exact) mass is 449 g/mol. The predicted octanol–water partition coefficient (Wildman–Crippen LogP) is 1.01. The quantitative estimate of drug-likeness (QED) is 0.625. The van der Waals surface area contributed by atoms with Gasteiger partial charge in [-0.2, -0.15) is 0 Å². The van der Waals surface area contributed by atoms with E-state index in [0.29, 0.717) is 30.3 Å². The number of nitrogens with zero attached hydrogens (tertiary/aromatic N) is 4. The van der Waals surface area contributed by atoms with E-state index in [1.807, 2.05) is 6.92 Å². The van der Waals surface area contributed by atoms with Gasteiger partial charge in [0.1, 0.15) is 36.5 Å². The number of nitrogens with one attached hydrogen (secondary N) is 1. The molecule has 6 atom stereocenters. The van der Waals surface area contributed by atoms with Gasteiger partial charge in [0, 0.05) is 12.2 Å². The van der Waals surface area contributed by atoms with Crippen molar-refractivity contribution in [3.63, 3.8) is 0 Å². The Labute approximate surface area is 183 Å². The predicted molar refractivity (Wildman–Crippen MR) is 111 cm³/mol. The molecular weight excluding hydrogens is 424 g/mol. The van der Waals surface area contributed by atoms with E-state index in [1.165, 1.54) is 6.08 Å². The highest BCUT2D eigenvalue weighted by molar-refractivity contribution is 5.93. The van der Waals surface area contributed by atoms with Gasteiger partial charge in [-0.25, -0.2) is 18.7 Å². The Bertz CT molecular complexity index is 1010. The smallest absolute Gasteiger partial charge is 0.223 e. The molecule has 5 rings (SSSR count). The number of aromatic nitrogens is 2. The van der Waals surface area contributed by atoms with Crippen molar-refractivity contribution >= 4 is 17.4 Å². The van der Waals surface area contributed by atoms with Crippen LogP contribution in [0.25, 0.3) is 5.57 Å². The summed E-state index contributed by atoms with van der Waals surface area (Å²) in [6.45, 7) is 4.39. The van der Waals surface area contributed by atoms with E-state index in [9.17, 15) is 14.6 Å². The van der Waals surface area contributed by atoms with Crippen molar-refractivity contribution in [3.8, 4) is 0 Å². The number of hydrogen-bond acceptors (Lipinski definition) is 9. The van der Waals surface area contributed by atoms with Gasteiger partial charge in [0.25, 0.3) is 0 Å². The molecule has 32 heavy (non-hydrogen) atoms. The first-order valence-corrected chi connectivity index (χ1v) is 10.7. The first-order valence-electron chi connectivity index (χ1n) is 10.7. The zero-order valence-electron chi connectivity index (χ0n) is 17.7. The lowest BCUT2D eigenvalue weighted by atomic mass is 9.92. The van der Waals surface area contributed by atoms with Gasteiger partial charge in [-0.15, -0.1) is 0 Å². The van der Waals surface area contributed by atoms with Gasteiger partial charge in [-0.05, 0) is 26.3 Å². The second-order valence-corrected chi connectivity index (χ2v) is 8.45. The molecular formula is C21H25F2N5O4. The summed E-state index contributed by atoms with van der Waals surface area (Å²) in [5.41, 5.74) is 0.544. The van der Waals surface area contributed by atoms with Crippen LogP contribution in [0.3, 0.4) is 0 Å². The molecule has 0 amide bonds. The molecule has 1 saturated heterocycles. The number of alkyl halides is 1. The van der Waals surface area contributed by atoms with Gasteiger partial charge in [-0.1, -0.05) is 0 Å². The van der Waals surface area contributed by atoms with Crippen molar-refractivity contribution in [1.29, 1.82) is 0 Å². The molecule has 0 spiro atoms. The Morgan fingerprint density at radius 1 is 1.34 bits per heavy atom. The molecule has 172 valence electrons. The molecule has 4 aliphatic rings. The third-order valence-electron chi connectivity index (χ3n) is 6.09. The summed E-state index contributed by atoms with van der Waals surface area (Å²) in [7, 11) is 0. The van der Waals surface area contributed by atoms with E-state index >= 15 is 4.39 Å². The van der Waals surface area contributed by atoms with E-state index in [1.54, 1.807) is 11.8 Å². The summed E-state index contributed by atoms with van der Waals surface area (Å²) in [5, 5.41) is 23.3. The highest BCUT2D eigenvalue weighted by atomic mass is 19.1. The summed E-state index contributed by atoms with van der Waals surface area (Å²) in [4.78, 5) is 14.4. The third-order valence-corrected chi connectivity index (χ3v) is 6.09. The second-order valence-electron chi connectivity index (χ2n) is 8.45. The molecule has 0 radical (unpaired) electrons. The van der Waals surface area contributed by atoms with Crippen molar-refractivity contribution in [3.05, 3.63) is 35.2 Å². The van der Waals surface area contributed by atoms with Crippen LogP contribution in [0.5, 0.6) is 0 Å². The number of allylic oxidation sites excluding steroid dienone is 1. The van der Waals surface area contributed by atoms with Crippen LogP contribution in [-0.2, 0) is 9.47 Å². The van der Waals surface area contributed by atoms with Crippen molar-refractivity contribution in [2.24, 2.45) is 4.99 Å². The molecule has 4 heterocycles. The zero-order chi connectivity index (χ0) is 22.6. The first-order chi connectivity index (χ1) is 15.3. The number of aliphatic hydroxyl groups excluding tert-OH is 2. The van der Waals surface area contributed by atoms with Crippen molar-refractivity contribution in [2.75, 3.05) is 25.1 Å². The summed E-state index contributed by atoms with van der Waals surface area (Å²) in [6.07, 6.45) is -0.370. The summed E-state index contributed by atoms with van der Waals surface area (Å²) in [5.74, 6) is 0.0620. The number of anilines is 1. The lowest BCUT2D eigenvalue weighted by Gasteiger charge is -2.39. The SMILES string of the molecule is C[C@@H](O)C1=NC2C3=C(OC[C@H](C)N13)C(c1nc(N[C@@H]3CCOC[C@H]3O)ncc1F)=CC2F.